The molecule has 0 radical (unpaired) electrons. The van der Waals surface area contributed by atoms with Crippen LogP contribution in [0.1, 0.15) is 70.8 Å². The van der Waals surface area contributed by atoms with E-state index in [4.69, 9.17) is 27.9 Å². The van der Waals surface area contributed by atoms with Gasteiger partial charge in [-0.2, -0.15) is 0 Å². The van der Waals surface area contributed by atoms with Crippen molar-refractivity contribution in [3.63, 3.8) is 0 Å². The normalized spacial score (nSPS) is 14.8. The van der Waals surface area contributed by atoms with E-state index in [1.807, 2.05) is 13.8 Å². The van der Waals surface area contributed by atoms with E-state index in [9.17, 15) is 18.0 Å². The second kappa shape index (κ2) is 15.7. The molecule has 0 unspecified atom stereocenters. The lowest BCUT2D eigenvalue weighted by atomic mass is 9.95. The van der Waals surface area contributed by atoms with Crippen LogP contribution < -0.4 is 14.4 Å². The number of carbonyl (C=O) groups excluding carboxylic acids is 2. The summed E-state index contributed by atoms with van der Waals surface area (Å²) in [5.41, 5.74) is 1.06. The Morgan fingerprint density at radius 3 is 2.22 bits per heavy atom. The van der Waals surface area contributed by atoms with Gasteiger partial charge in [0.1, 0.15) is 11.8 Å². The maximum atomic E-state index is 13.7. The first-order valence-electron chi connectivity index (χ1n) is 14.3. The zero-order valence-electron chi connectivity index (χ0n) is 24.1. The summed E-state index contributed by atoms with van der Waals surface area (Å²) in [6.07, 6.45) is 7.02. The van der Waals surface area contributed by atoms with Gasteiger partial charge in [0, 0.05) is 41.2 Å². The van der Waals surface area contributed by atoms with Crippen molar-refractivity contribution in [2.45, 2.75) is 83.8 Å². The second-order valence-electron chi connectivity index (χ2n) is 10.4. The zero-order chi connectivity index (χ0) is 30.0. The van der Waals surface area contributed by atoms with E-state index in [-0.39, 0.29) is 43.8 Å². The lowest BCUT2D eigenvalue weighted by Gasteiger charge is -2.33. The topological polar surface area (TPSA) is 96.0 Å². The molecule has 0 saturated heterocycles. The van der Waals surface area contributed by atoms with Crippen LogP contribution >= 0.6 is 23.2 Å². The fraction of sp³-hybridized carbons (Fsp3) is 0.533. The van der Waals surface area contributed by atoms with Gasteiger partial charge in [-0.15, -0.1) is 0 Å². The van der Waals surface area contributed by atoms with Crippen LogP contribution in [0, 0.1) is 0 Å². The summed E-state index contributed by atoms with van der Waals surface area (Å²) in [5, 5.41) is 3.98. The highest BCUT2D eigenvalue weighted by Gasteiger charge is 2.31. The number of rotatable bonds is 14. The molecule has 0 heterocycles. The van der Waals surface area contributed by atoms with E-state index in [2.05, 4.69) is 5.32 Å². The Morgan fingerprint density at radius 1 is 1.02 bits per heavy atom. The zero-order valence-corrected chi connectivity index (χ0v) is 26.4. The van der Waals surface area contributed by atoms with Crippen molar-refractivity contribution < 1.29 is 22.7 Å². The average Bonchev–Trinajstić information content (AvgIpc) is 2.93. The van der Waals surface area contributed by atoms with Crippen LogP contribution in [-0.4, -0.2) is 56.6 Å². The van der Waals surface area contributed by atoms with Crippen LogP contribution in [0.5, 0.6) is 5.75 Å². The number of benzene rings is 2. The Balaban J connectivity index is 1.78. The molecule has 226 valence electrons. The van der Waals surface area contributed by atoms with E-state index in [0.717, 1.165) is 31.9 Å². The maximum Gasteiger partial charge on any atom is 0.243 e. The molecule has 3 rings (SSSR count). The summed E-state index contributed by atoms with van der Waals surface area (Å²) >= 11 is 12.9. The standard InChI is InChI=1S/C30H41Cl2N3O5S/c1-4-28(30(37)33-22-11-7-6-8-12-22)34(21-25-26(31)13-9-14-27(25)32)29(36)15-10-20-35(41(3,38)39)23-16-18-24(19-17-23)40-5-2/h9,13-14,16-19,22,28H,4-8,10-12,15,20-21H2,1-3H3,(H,33,37)/t28-/m0/s1. The number of nitrogens with zero attached hydrogens (tertiary/aromatic N) is 2. The lowest BCUT2D eigenvalue weighted by Crippen LogP contribution is -2.51. The number of amides is 2. The number of hydrogen-bond acceptors (Lipinski definition) is 5. The largest absolute Gasteiger partial charge is 0.494 e. The molecular formula is C30H41Cl2N3O5S. The van der Waals surface area contributed by atoms with Crippen molar-refractivity contribution in [2.75, 3.05) is 23.7 Å². The monoisotopic (exact) mass is 625 g/mol. The number of hydrogen-bond donors (Lipinski definition) is 1. The van der Waals surface area contributed by atoms with Crippen molar-refractivity contribution >= 4 is 50.7 Å². The van der Waals surface area contributed by atoms with Crippen molar-refractivity contribution in [1.29, 1.82) is 0 Å². The summed E-state index contributed by atoms with van der Waals surface area (Å²) in [6, 6.07) is 11.3. The first kappa shape index (κ1) is 33.0. The Kier molecular flexibility index (Phi) is 12.6. The van der Waals surface area contributed by atoms with Crippen LogP contribution in [0.15, 0.2) is 42.5 Å². The molecule has 1 N–H and O–H groups in total. The number of carbonyl (C=O) groups is 2. The summed E-state index contributed by atoms with van der Waals surface area (Å²) in [7, 11) is -3.60. The van der Waals surface area contributed by atoms with Crippen LogP contribution in [0.3, 0.4) is 0 Å². The third-order valence-corrected chi connectivity index (χ3v) is 9.22. The fourth-order valence-electron chi connectivity index (χ4n) is 5.20. The van der Waals surface area contributed by atoms with E-state index >= 15 is 0 Å². The SMILES string of the molecule is CCOc1ccc(N(CCCC(=O)N(Cc2c(Cl)cccc2Cl)[C@@H](CC)C(=O)NC2CCCCC2)S(C)(=O)=O)cc1. The Hall–Kier alpha value is -2.49. The molecule has 1 fully saturated rings. The van der Waals surface area contributed by atoms with E-state index in [0.29, 0.717) is 40.1 Å². The van der Waals surface area contributed by atoms with Gasteiger partial charge in [-0.3, -0.25) is 13.9 Å². The smallest absolute Gasteiger partial charge is 0.243 e. The molecule has 11 heteroatoms. The van der Waals surface area contributed by atoms with Gasteiger partial charge in [-0.05, 0) is 69.0 Å². The van der Waals surface area contributed by atoms with Crippen LogP contribution in [0.2, 0.25) is 10.0 Å². The number of nitrogens with one attached hydrogen (secondary N) is 1. The molecule has 1 atom stereocenters. The number of sulfonamides is 1. The minimum atomic E-state index is -3.60. The van der Waals surface area contributed by atoms with Crippen LogP contribution in [-0.2, 0) is 26.2 Å². The van der Waals surface area contributed by atoms with Gasteiger partial charge in [-0.1, -0.05) is 55.5 Å². The number of ether oxygens (including phenoxy) is 1. The third-order valence-electron chi connectivity index (χ3n) is 7.32. The van der Waals surface area contributed by atoms with Gasteiger partial charge in [0.15, 0.2) is 0 Å². The molecular weight excluding hydrogens is 585 g/mol. The molecule has 2 aromatic rings. The highest BCUT2D eigenvalue weighted by molar-refractivity contribution is 7.92. The average molecular weight is 627 g/mol. The maximum absolute atomic E-state index is 13.7. The summed E-state index contributed by atoms with van der Waals surface area (Å²) < 4.78 is 32.0. The minimum absolute atomic E-state index is 0.0400. The molecule has 0 aliphatic heterocycles. The van der Waals surface area contributed by atoms with Crippen molar-refractivity contribution in [3.8, 4) is 5.75 Å². The van der Waals surface area contributed by atoms with Gasteiger partial charge < -0.3 is 15.0 Å². The number of halogens is 2. The van der Waals surface area contributed by atoms with Crippen LogP contribution in [0.25, 0.3) is 0 Å². The fourth-order valence-corrected chi connectivity index (χ4v) is 6.68. The summed E-state index contributed by atoms with van der Waals surface area (Å²) in [6.45, 7) is 4.42. The second-order valence-corrected chi connectivity index (χ2v) is 13.1. The first-order valence-corrected chi connectivity index (χ1v) is 16.9. The van der Waals surface area contributed by atoms with E-state index < -0.39 is 16.1 Å². The Morgan fingerprint density at radius 2 is 1.66 bits per heavy atom. The first-order chi connectivity index (χ1) is 19.5. The molecule has 2 aromatic carbocycles. The molecule has 41 heavy (non-hydrogen) atoms. The van der Waals surface area contributed by atoms with Crippen molar-refractivity contribution in [3.05, 3.63) is 58.1 Å². The third kappa shape index (κ3) is 9.51. The summed E-state index contributed by atoms with van der Waals surface area (Å²) in [4.78, 5) is 28.7. The number of anilines is 1. The predicted molar refractivity (Wildman–Crippen MR) is 165 cm³/mol. The van der Waals surface area contributed by atoms with E-state index in [1.54, 1.807) is 42.5 Å². The van der Waals surface area contributed by atoms with Gasteiger partial charge in [0.25, 0.3) is 0 Å². The van der Waals surface area contributed by atoms with Crippen molar-refractivity contribution in [2.24, 2.45) is 0 Å². The molecule has 1 aliphatic rings. The van der Waals surface area contributed by atoms with E-state index in [1.165, 1.54) is 15.6 Å². The Bertz CT molecular complexity index is 1250. The molecule has 2 amide bonds. The highest BCUT2D eigenvalue weighted by atomic mass is 35.5. The molecule has 0 bridgehead atoms. The van der Waals surface area contributed by atoms with Gasteiger partial charge in [-0.25, -0.2) is 8.42 Å². The quantitative estimate of drug-likeness (QED) is 0.270. The van der Waals surface area contributed by atoms with Gasteiger partial charge in [0.2, 0.25) is 21.8 Å². The van der Waals surface area contributed by atoms with Crippen LogP contribution in [0.4, 0.5) is 5.69 Å². The molecule has 1 aliphatic carbocycles. The highest BCUT2D eigenvalue weighted by Crippen LogP contribution is 2.28. The molecule has 0 spiro atoms. The summed E-state index contributed by atoms with van der Waals surface area (Å²) in [5.74, 6) is 0.181. The lowest BCUT2D eigenvalue weighted by molar-refractivity contribution is -0.141. The van der Waals surface area contributed by atoms with Gasteiger partial charge in [0.05, 0.1) is 18.6 Å². The van der Waals surface area contributed by atoms with Crippen molar-refractivity contribution in [1.82, 2.24) is 10.2 Å². The minimum Gasteiger partial charge on any atom is -0.494 e. The predicted octanol–water partition coefficient (Wildman–Crippen LogP) is 6.19. The molecule has 1 saturated carbocycles. The van der Waals surface area contributed by atoms with Gasteiger partial charge >= 0.3 is 0 Å². The molecule has 0 aromatic heterocycles. The molecule has 8 nitrogen and oxygen atoms in total. The Labute approximate surface area is 254 Å².